The van der Waals surface area contributed by atoms with Crippen molar-refractivity contribution in [2.75, 3.05) is 7.05 Å². The van der Waals surface area contributed by atoms with Gasteiger partial charge in [0.2, 0.25) is 0 Å². The van der Waals surface area contributed by atoms with Crippen LogP contribution in [0.25, 0.3) is 0 Å². The Labute approximate surface area is 58.8 Å². The summed E-state index contributed by atoms with van der Waals surface area (Å²) in [7, 11) is 2.03. The summed E-state index contributed by atoms with van der Waals surface area (Å²) >= 11 is 0. The van der Waals surface area contributed by atoms with Crippen molar-refractivity contribution in [2.45, 2.75) is 40.2 Å². The topological polar surface area (TPSA) is 12.0 Å². The van der Waals surface area contributed by atoms with Gasteiger partial charge in [-0.1, -0.05) is 27.7 Å². The van der Waals surface area contributed by atoms with Gasteiger partial charge in [0.05, 0.1) is 0 Å². The van der Waals surface area contributed by atoms with Gasteiger partial charge in [-0.05, 0) is 18.9 Å². The maximum atomic E-state index is 3.29. The lowest BCUT2D eigenvalue weighted by atomic mass is 9.85. The lowest BCUT2D eigenvalue weighted by molar-refractivity contribution is 0.275. The molecule has 0 fully saturated rings. The fourth-order valence-corrected chi connectivity index (χ4v) is 1.25. The van der Waals surface area contributed by atoms with Crippen LogP contribution < -0.4 is 5.32 Å². The third-order valence-electron chi connectivity index (χ3n) is 1.80. The van der Waals surface area contributed by atoms with E-state index in [9.17, 15) is 0 Å². The zero-order chi connectivity index (χ0) is 7.49. The van der Waals surface area contributed by atoms with E-state index in [1.54, 1.807) is 0 Å². The van der Waals surface area contributed by atoms with Gasteiger partial charge in [-0.15, -0.1) is 0 Å². The molecular weight excluding hydrogens is 110 g/mol. The molecule has 0 aliphatic heterocycles. The summed E-state index contributed by atoms with van der Waals surface area (Å²) in [5.74, 6) is 0. The van der Waals surface area contributed by atoms with Crippen molar-refractivity contribution in [3.8, 4) is 0 Å². The molecule has 9 heavy (non-hydrogen) atoms. The average Bonchev–Trinajstić information content (AvgIpc) is 1.65. The molecule has 56 valence electrons. The Bertz CT molecular complexity index is 67.1. The van der Waals surface area contributed by atoms with Crippen molar-refractivity contribution >= 4 is 0 Å². The lowest BCUT2D eigenvalue weighted by Crippen LogP contribution is -2.37. The quantitative estimate of drug-likeness (QED) is 0.601. The van der Waals surface area contributed by atoms with Gasteiger partial charge in [-0.3, -0.25) is 0 Å². The first-order chi connectivity index (χ1) is 4.02. The lowest BCUT2D eigenvalue weighted by Gasteiger charge is -2.29. The highest BCUT2D eigenvalue weighted by atomic mass is 14.9. The molecule has 0 saturated heterocycles. The Kier molecular flexibility index (Phi) is 3.20. The molecule has 0 aliphatic carbocycles. The number of rotatable bonds is 2. The summed E-state index contributed by atoms with van der Waals surface area (Å²) in [4.78, 5) is 0. The maximum Gasteiger partial charge on any atom is 0.0110 e. The Morgan fingerprint density at radius 2 is 1.78 bits per heavy atom. The monoisotopic (exact) mass is 129 g/mol. The van der Waals surface area contributed by atoms with Crippen molar-refractivity contribution in [3.05, 3.63) is 0 Å². The van der Waals surface area contributed by atoms with Gasteiger partial charge < -0.3 is 5.32 Å². The molecule has 1 atom stereocenters. The molecule has 1 nitrogen and oxygen atoms in total. The maximum absolute atomic E-state index is 3.29. The van der Waals surface area contributed by atoms with E-state index in [4.69, 9.17) is 0 Å². The molecule has 1 N–H and O–H groups in total. The van der Waals surface area contributed by atoms with Crippen molar-refractivity contribution in [1.29, 1.82) is 0 Å². The van der Waals surface area contributed by atoms with Crippen LogP contribution in [0.5, 0.6) is 0 Å². The van der Waals surface area contributed by atoms with E-state index in [1.165, 1.54) is 6.42 Å². The molecule has 0 aromatic rings. The van der Waals surface area contributed by atoms with Crippen LogP contribution in [0.2, 0.25) is 0 Å². The molecule has 1 heteroatoms. The second kappa shape index (κ2) is 3.21. The van der Waals surface area contributed by atoms with Crippen molar-refractivity contribution < 1.29 is 0 Å². The first kappa shape index (κ1) is 8.96. The zero-order valence-corrected chi connectivity index (χ0v) is 7.28. The largest absolute Gasteiger partial charge is 0.316 e. The molecule has 0 bridgehead atoms. The van der Waals surface area contributed by atoms with Gasteiger partial charge >= 0.3 is 0 Å². The van der Waals surface area contributed by atoms with Crippen molar-refractivity contribution in [2.24, 2.45) is 5.41 Å². The van der Waals surface area contributed by atoms with Gasteiger partial charge in [0.1, 0.15) is 0 Å². The van der Waals surface area contributed by atoms with Crippen LogP contribution >= 0.6 is 0 Å². The van der Waals surface area contributed by atoms with Crippen LogP contribution in [0.1, 0.15) is 34.1 Å². The molecule has 0 saturated carbocycles. The van der Waals surface area contributed by atoms with Gasteiger partial charge in [-0.2, -0.15) is 0 Å². The zero-order valence-electron chi connectivity index (χ0n) is 7.28. The van der Waals surface area contributed by atoms with E-state index in [0.717, 1.165) is 0 Å². The third-order valence-corrected chi connectivity index (χ3v) is 1.80. The molecule has 0 rings (SSSR count). The second-order valence-electron chi connectivity index (χ2n) is 3.62. The minimum Gasteiger partial charge on any atom is -0.316 e. The summed E-state index contributed by atoms with van der Waals surface area (Å²) in [6.07, 6.45) is 1.21. The SMILES string of the molecule is CC[C@@H](NC)C(C)(C)C. The van der Waals surface area contributed by atoms with E-state index >= 15 is 0 Å². The first-order valence-corrected chi connectivity index (χ1v) is 3.69. The summed E-state index contributed by atoms with van der Waals surface area (Å²) in [6, 6.07) is 0.650. The fourth-order valence-electron chi connectivity index (χ4n) is 1.25. The van der Waals surface area contributed by atoms with Crippen molar-refractivity contribution in [1.82, 2.24) is 5.32 Å². The summed E-state index contributed by atoms with van der Waals surface area (Å²) in [5.41, 5.74) is 0.406. The van der Waals surface area contributed by atoms with Gasteiger partial charge in [0.15, 0.2) is 0 Å². The Morgan fingerprint density at radius 1 is 1.33 bits per heavy atom. The van der Waals surface area contributed by atoms with Gasteiger partial charge in [0.25, 0.3) is 0 Å². The summed E-state index contributed by atoms with van der Waals surface area (Å²) in [5, 5.41) is 3.29. The minimum atomic E-state index is 0.406. The summed E-state index contributed by atoms with van der Waals surface area (Å²) in [6.45, 7) is 9.00. The summed E-state index contributed by atoms with van der Waals surface area (Å²) < 4.78 is 0. The molecule has 0 unspecified atom stereocenters. The molecule has 0 aromatic heterocycles. The predicted molar refractivity (Wildman–Crippen MR) is 42.6 cm³/mol. The number of hydrogen-bond donors (Lipinski definition) is 1. The normalized spacial score (nSPS) is 15.7. The van der Waals surface area contributed by atoms with Gasteiger partial charge in [0, 0.05) is 6.04 Å². The van der Waals surface area contributed by atoms with Crippen LogP contribution in [0.4, 0.5) is 0 Å². The average molecular weight is 129 g/mol. The van der Waals surface area contributed by atoms with Crippen molar-refractivity contribution in [3.63, 3.8) is 0 Å². The Morgan fingerprint density at radius 3 is 1.78 bits per heavy atom. The van der Waals surface area contributed by atoms with Crippen LogP contribution in [0.3, 0.4) is 0 Å². The molecule has 0 amide bonds. The molecule has 0 aromatic carbocycles. The van der Waals surface area contributed by atoms with E-state index in [0.29, 0.717) is 11.5 Å². The highest BCUT2D eigenvalue weighted by molar-refractivity contribution is 4.77. The molecule has 0 aliphatic rings. The van der Waals surface area contributed by atoms with Crippen LogP contribution in [0, 0.1) is 5.41 Å². The first-order valence-electron chi connectivity index (χ1n) is 3.69. The smallest absolute Gasteiger partial charge is 0.0110 e. The predicted octanol–water partition coefficient (Wildman–Crippen LogP) is 2.03. The second-order valence-corrected chi connectivity index (χ2v) is 3.62. The number of hydrogen-bond acceptors (Lipinski definition) is 1. The van der Waals surface area contributed by atoms with E-state index in [-0.39, 0.29) is 0 Å². The van der Waals surface area contributed by atoms with E-state index < -0.39 is 0 Å². The highest BCUT2D eigenvalue weighted by Gasteiger charge is 2.20. The minimum absolute atomic E-state index is 0.406. The number of nitrogens with one attached hydrogen (secondary N) is 1. The standard InChI is InChI=1S/C8H19N/c1-6-7(9-5)8(2,3)4/h7,9H,6H2,1-5H3/t7-/m1/s1. The van der Waals surface area contributed by atoms with Crippen LogP contribution in [-0.4, -0.2) is 13.1 Å². The fraction of sp³-hybridized carbons (Fsp3) is 1.00. The van der Waals surface area contributed by atoms with Crippen LogP contribution in [-0.2, 0) is 0 Å². The molecule has 0 heterocycles. The van der Waals surface area contributed by atoms with E-state index in [1.807, 2.05) is 7.05 Å². The highest BCUT2D eigenvalue weighted by Crippen LogP contribution is 2.20. The van der Waals surface area contributed by atoms with Gasteiger partial charge in [-0.25, -0.2) is 0 Å². The molecule has 0 spiro atoms. The van der Waals surface area contributed by atoms with E-state index in [2.05, 4.69) is 33.0 Å². The molecular formula is C8H19N. The Balaban J connectivity index is 3.79. The third kappa shape index (κ3) is 2.85. The Hall–Kier alpha value is -0.0400. The van der Waals surface area contributed by atoms with Crippen LogP contribution in [0.15, 0.2) is 0 Å². The molecule has 0 radical (unpaired) electrons.